The Morgan fingerprint density at radius 1 is 1.20 bits per heavy atom. The van der Waals surface area contributed by atoms with E-state index in [0.29, 0.717) is 6.61 Å². The molecule has 1 aliphatic heterocycles. The number of carboxylic acid groups (broad SMARTS) is 1. The van der Waals surface area contributed by atoms with Crippen molar-refractivity contribution in [3.63, 3.8) is 0 Å². The number of rotatable bonds is 6. The molecule has 0 aromatic heterocycles. The zero-order chi connectivity index (χ0) is 17.6. The Morgan fingerprint density at radius 2 is 2.00 bits per heavy atom. The molecule has 4 heteroatoms. The number of carboxylic acids is 1. The lowest BCUT2D eigenvalue weighted by molar-refractivity contribution is -0.141. The zero-order valence-corrected chi connectivity index (χ0v) is 14.6. The van der Waals surface area contributed by atoms with Crippen LogP contribution in [0, 0.1) is 6.92 Å². The molecule has 0 spiro atoms. The van der Waals surface area contributed by atoms with Crippen molar-refractivity contribution in [2.45, 2.75) is 38.5 Å². The average Bonchev–Trinajstić information content (AvgIpc) is 2.60. The quantitative estimate of drug-likeness (QED) is 0.870. The van der Waals surface area contributed by atoms with Gasteiger partial charge in [-0.1, -0.05) is 60.2 Å². The summed E-state index contributed by atoms with van der Waals surface area (Å²) in [5, 5.41) is 9.27. The first-order valence-electron chi connectivity index (χ1n) is 8.81. The van der Waals surface area contributed by atoms with E-state index in [-0.39, 0.29) is 18.7 Å². The van der Waals surface area contributed by atoms with Crippen molar-refractivity contribution in [1.29, 1.82) is 0 Å². The predicted octanol–water partition coefficient (Wildman–Crippen LogP) is 3.80. The van der Waals surface area contributed by atoms with Gasteiger partial charge in [-0.25, -0.2) is 0 Å². The number of nitrogens with zero attached hydrogens (tertiary/aromatic N) is 1. The Hall–Kier alpha value is -2.17. The molecule has 0 unspecified atom stereocenters. The Balaban J connectivity index is 1.78. The molecule has 132 valence electrons. The molecule has 2 atom stereocenters. The monoisotopic (exact) mass is 339 g/mol. The van der Waals surface area contributed by atoms with Crippen molar-refractivity contribution in [3.05, 3.63) is 71.3 Å². The van der Waals surface area contributed by atoms with E-state index in [0.717, 1.165) is 30.5 Å². The van der Waals surface area contributed by atoms with Crippen LogP contribution in [0.25, 0.3) is 0 Å². The molecular formula is C21H25NO3. The zero-order valence-electron chi connectivity index (χ0n) is 14.6. The highest BCUT2D eigenvalue weighted by molar-refractivity contribution is 5.69. The highest BCUT2D eigenvalue weighted by Crippen LogP contribution is 2.33. The average molecular weight is 339 g/mol. The number of carbonyl (C=O) groups is 1. The van der Waals surface area contributed by atoms with Gasteiger partial charge in [0.2, 0.25) is 0 Å². The number of hydrogen-bond acceptors (Lipinski definition) is 3. The summed E-state index contributed by atoms with van der Waals surface area (Å²) in [5.74, 6) is -0.791. The van der Waals surface area contributed by atoms with E-state index in [1.54, 1.807) is 0 Å². The van der Waals surface area contributed by atoms with Crippen LogP contribution in [0.15, 0.2) is 54.6 Å². The lowest BCUT2D eigenvalue weighted by atomic mass is 9.92. The maximum absolute atomic E-state index is 11.3. The minimum absolute atomic E-state index is 0.00369. The molecule has 1 heterocycles. The van der Waals surface area contributed by atoms with Gasteiger partial charge in [0.05, 0.1) is 25.3 Å². The van der Waals surface area contributed by atoms with Gasteiger partial charge >= 0.3 is 5.97 Å². The SMILES string of the molecule is Cc1cccc(CO[C@H]2CCCN(CC(=O)O)[C@H]2c2ccccc2)c1. The summed E-state index contributed by atoms with van der Waals surface area (Å²) in [7, 11) is 0. The number of hydrogen-bond donors (Lipinski definition) is 1. The maximum Gasteiger partial charge on any atom is 0.317 e. The van der Waals surface area contributed by atoms with Gasteiger partial charge < -0.3 is 9.84 Å². The van der Waals surface area contributed by atoms with Crippen LogP contribution in [0.4, 0.5) is 0 Å². The smallest absolute Gasteiger partial charge is 0.317 e. The van der Waals surface area contributed by atoms with Crippen LogP contribution in [0.1, 0.15) is 35.6 Å². The summed E-state index contributed by atoms with van der Waals surface area (Å²) in [4.78, 5) is 13.3. The van der Waals surface area contributed by atoms with E-state index < -0.39 is 5.97 Å². The summed E-state index contributed by atoms with van der Waals surface area (Å²) in [6.07, 6.45) is 1.90. The van der Waals surface area contributed by atoms with Crippen LogP contribution in [0.3, 0.4) is 0 Å². The van der Waals surface area contributed by atoms with Gasteiger partial charge in [-0.2, -0.15) is 0 Å². The summed E-state index contributed by atoms with van der Waals surface area (Å²) in [6.45, 7) is 3.46. The van der Waals surface area contributed by atoms with Crippen LogP contribution in [-0.2, 0) is 16.1 Å². The number of ether oxygens (including phenoxy) is 1. The summed E-state index contributed by atoms with van der Waals surface area (Å²) in [5.41, 5.74) is 3.50. The second-order valence-corrected chi connectivity index (χ2v) is 6.70. The molecule has 0 saturated carbocycles. The van der Waals surface area contributed by atoms with Crippen molar-refractivity contribution < 1.29 is 14.6 Å². The summed E-state index contributed by atoms with van der Waals surface area (Å²) < 4.78 is 6.27. The fraction of sp³-hybridized carbons (Fsp3) is 0.381. The lowest BCUT2D eigenvalue weighted by Crippen LogP contribution is -2.45. The van der Waals surface area contributed by atoms with E-state index in [2.05, 4.69) is 37.3 Å². The Kier molecular flexibility index (Phi) is 5.84. The van der Waals surface area contributed by atoms with Crippen molar-refractivity contribution in [1.82, 2.24) is 4.90 Å². The van der Waals surface area contributed by atoms with Gasteiger partial charge in [0.25, 0.3) is 0 Å². The fourth-order valence-corrected chi connectivity index (χ4v) is 3.63. The number of piperidine rings is 1. The number of likely N-dealkylation sites (tertiary alicyclic amines) is 1. The van der Waals surface area contributed by atoms with Gasteiger partial charge in [-0.15, -0.1) is 0 Å². The van der Waals surface area contributed by atoms with Crippen molar-refractivity contribution in [2.24, 2.45) is 0 Å². The van der Waals surface area contributed by atoms with E-state index in [4.69, 9.17) is 4.74 Å². The first kappa shape index (κ1) is 17.6. The number of aliphatic carboxylic acids is 1. The molecule has 3 rings (SSSR count). The third-order valence-corrected chi connectivity index (χ3v) is 4.71. The molecule has 1 saturated heterocycles. The highest BCUT2D eigenvalue weighted by atomic mass is 16.5. The standard InChI is InChI=1S/C21H25NO3/c1-16-7-5-8-17(13-16)15-25-19-11-6-12-22(14-20(23)24)21(19)18-9-3-2-4-10-18/h2-5,7-10,13,19,21H,6,11-12,14-15H2,1H3,(H,23,24)/t19-,21-/m0/s1. The minimum Gasteiger partial charge on any atom is -0.480 e. The Bertz CT molecular complexity index is 701. The van der Waals surface area contributed by atoms with Gasteiger partial charge in [0.1, 0.15) is 0 Å². The molecule has 0 amide bonds. The van der Waals surface area contributed by atoms with E-state index >= 15 is 0 Å². The number of benzene rings is 2. The van der Waals surface area contributed by atoms with Crippen LogP contribution in [0.5, 0.6) is 0 Å². The third-order valence-electron chi connectivity index (χ3n) is 4.71. The first-order valence-corrected chi connectivity index (χ1v) is 8.81. The maximum atomic E-state index is 11.3. The van der Waals surface area contributed by atoms with Crippen LogP contribution >= 0.6 is 0 Å². The minimum atomic E-state index is -0.791. The third kappa shape index (κ3) is 4.68. The molecule has 2 aromatic rings. The van der Waals surface area contributed by atoms with Crippen LogP contribution < -0.4 is 0 Å². The summed E-state index contributed by atoms with van der Waals surface area (Å²) >= 11 is 0. The molecule has 0 bridgehead atoms. The largest absolute Gasteiger partial charge is 0.480 e. The van der Waals surface area contributed by atoms with Crippen LogP contribution in [0.2, 0.25) is 0 Å². The molecular weight excluding hydrogens is 314 g/mol. The van der Waals surface area contributed by atoms with Gasteiger partial charge in [0, 0.05) is 0 Å². The molecule has 1 aliphatic rings. The number of aryl methyl sites for hydroxylation is 1. The first-order chi connectivity index (χ1) is 12.1. The van der Waals surface area contributed by atoms with Crippen LogP contribution in [-0.4, -0.2) is 35.2 Å². The molecule has 0 radical (unpaired) electrons. The van der Waals surface area contributed by atoms with Gasteiger partial charge in [-0.05, 0) is 37.4 Å². The van der Waals surface area contributed by atoms with E-state index in [1.807, 2.05) is 29.2 Å². The Labute approximate surface area is 149 Å². The van der Waals surface area contributed by atoms with E-state index in [1.165, 1.54) is 5.56 Å². The highest BCUT2D eigenvalue weighted by Gasteiger charge is 2.34. The second-order valence-electron chi connectivity index (χ2n) is 6.70. The van der Waals surface area contributed by atoms with Crippen molar-refractivity contribution in [3.8, 4) is 0 Å². The predicted molar refractivity (Wildman–Crippen MR) is 97.4 cm³/mol. The van der Waals surface area contributed by atoms with Crippen molar-refractivity contribution >= 4 is 5.97 Å². The fourth-order valence-electron chi connectivity index (χ4n) is 3.63. The molecule has 25 heavy (non-hydrogen) atoms. The van der Waals surface area contributed by atoms with E-state index in [9.17, 15) is 9.90 Å². The second kappa shape index (κ2) is 8.28. The summed E-state index contributed by atoms with van der Waals surface area (Å²) in [6, 6.07) is 18.4. The topological polar surface area (TPSA) is 49.8 Å². The van der Waals surface area contributed by atoms with Gasteiger partial charge in [0.15, 0.2) is 0 Å². The molecule has 4 nitrogen and oxygen atoms in total. The normalized spacial score (nSPS) is 21.2. The Morgan fingerprint density at radius 3 is 2.72 bits per heavy atom. The molecule has 1 N–H and O–H groups in total. The molecule has 2 aromatic carbocycles. The lowest BCUT2D eigenvalue weighted by Gasteiger charge is -2.40. The molecule has 1 fully saturated rings. The van der Waals surface area contributed by atoms with Crippen molar-refractivity contribution in [2.75, 3.05) is 13.1 Å². The molecule has 0 aliphatic carbocycles. The van der Waals surface area contributed by atoms with Gasteiger partial charge in [-0.3, -0.25) is 9.69 Å².